The van der Waals surface area contributed by atoms with Gasteiger partial charge in [-0.3, -0.25) is 0 Å². The third-order valence-corrected chi connectivity index (χ3v) is 4.36. The number of rotatable bonds is 7. The molecule has 1 atom stereocenters. The van der Waals surface area contributed by atoms with Crippen molar-refractivity contribution in [2.45, 2.75) is 77.2 Å². The smallest absolute Gasteiger partial charge is 0.361 e. The van der Waals surface area contributed by atoms with Crippen LogP contribution in [-0.2, 0) is 4.74 Å². The summed E-state index contributed by atoms with van der Waals surface area (Å²) in [6, 6.07) is 0. The summed E-state index contributed by atoms with van der Waals surface area (Å²) in [5.74, 6) is 0.638. The van der Waals surface area contributed by atoms with Gasteiger partial charge in [0.25, 0.3) is 0 Å². The first kappa shape index (κ1) is 17.8. The fourth-order valence-electron chi connectivity index (χ4n) is 2.88. The quantitative estimate of drug-likeness (QED) is 0.707. The largest absolute Gasteiger partial charge is 0.414 e. The number of hydrogen-bond donors (Lipinski definition) is 1. The van der Waals surface area contributed by atoms with E-state index in [1.54, 1.807) is 0 Å². The molecule has 0 aromatic carbocycles. The molecule has 1 rings (SSSR count). The maximum absolute atomic E-state index is 12.8. The Morgan fingerprint density at radius 3 is 2.30 bits per heavy atom. The van der Waals surface area contributed by atoms with Crippen LogP contribution in [0.25, 0.3) is 0 Å². The van der Waals surface area contributed by atoms with E-state index in [1.165, 1.54) is 0 Å². The number of halogens is 3. The summed E-state index contributed by atoms with van der Waals surface area (Å²) in [4.78, 5) is 0. The van der Waals surface area contributed by atoms with Crippen molar-refractivity contribution in [3.8, 4) is 0 Å². The van der Waals surface area contributed by atoms with Crippen molar-refractivity contribution in [1.29, 1.82) is 0 Å². The van der Waals surface area contributed by atoms with Gasteiger partial charge in [-0.15, -0.1) is 0 Å². The molecule has 0 radical (unpaired) electrons. The normalized spacial score (nSPS) is 29.4. The molecule has 20 heavy (non-hydrogen) atoms. The molecule has 1 aliphatic carbocycles. The van der Waals surface area contributed by atoms with Crippen LogP contribution in [0.4, 0.5) is 13.2 Å². The fraction of sp³-hybridized carbons (Fsp3) is 1.00. The predicted octanol–water partition coefficient (Wildman–Crippen LogP) is 4.29. The van der Waals surface area contributed by atoms with Crippen molar-refractivity contribution in [1.82, 2.24) is 5.32 Å². The number of nitrogens with one attached hydrogen (secondary N) is 1. The zero-order valence-electron chi connectivity index (χ0n) is 12.9. The van der Waals surface area contributed by atoms with Crippen LogP contribution in [0.5, 0.6) is 0 Å². The van der Waals surface area contributed by atoms with Gasteiger partial charge in [0.15, 0.2) is 6.10 Å². The van der Waals surface area contributed by atoms with Crippen LogP contribution in [0, 0.1) is 5.92 Å². The van der Waals surface area contributed by atoms with Gasteiger partial charge in [0.2, 0.25) is 0 Å². The Labute approximate surface area is 120 Å². The summed E-state index contributed by atoms with van der Waals surface area (Å²) >= 11 is 0. The summed E-state index contributed by atoms with van der Waals surface area (Å²) in [6.07, 6.45) is -0.506. The molecule has 0 saturated heterocycles. The molecular weight excluding hydrogens is 267 g/mol. The van der Waals surface area contributed by atoms with Gasteiger partial charge in [0.1, 0.15) is 0 Å². The highest BCUT2D eigenvalue weighted by Crippen LogP contribution is 2.38. The van der Waals surface area contributed by atoms with Gasteiger partial charge in [-0.1, -0.05) is 20.3 Å². The molecule has 1 fully saturated rings. The first-order valence-electron chi connectivity index (χ1n) is 7.78. The van der Waals surface area contributed by atoms with Crippen LogP contribution >= 0.6 is 0 Å². The number of alkyl halides is 3. The lowest BCUT2D eigenvalue weighted by Crippen LogP contribution is -2.50. The second kappa shape index (κ2) is 7.64. The van der Waals surface area contributed by atoms with Crippen LogP contribution < -0.4 is 5.32 Å². The van der Waals surface area contributed by atoms with E-state index in [2.05, 4.69) is 12.2 Å². The molecule has 0 aromatic heterocycles. The zero-order valence-corrected chi connectivity index (χ0v) is 12.9. The highest BCUT2D eigenvalue weighted by Gasteiger charge is 2.44. The monoisotopic (exact) mass is 295 g/mol. The molecule has 1 unspecified atom stereocenters. The summed E-state index contributed by atoms with van der Waals surface area (Å²) in [5, 5.41) is 3.24. The number of ether oxygens (including phenoxy) is 1. The minimum atomic E-state index is -4.28. The maximum Gasteiger partial charge on any atom is 0.414 e. The Balaban J connectivity index is 2.65. The molecule has 1 N–H and O–H groups in total. The van der Waals surface area contributed by atoms with Crippen molar-refractivity contribution in [2.75, 3.05) is 13.1 Å². The van der Waals surface area contributed by atoms with Gasteiger partial charge in [-0.05, 0) is 51.5 Å². The highest BCUT2D eigenvalue weighted by atomic mass is 19.4. The zero-order chi connectivity index (χ0) is 15.2. The molecular formula is C15H28F3NO. The van der Waals surface area contributed by atoms with Crippen molar-refractivity contribution in [3.63, 3.8) is 0 Å². The Morgan fingerprint density at radius 2 is 1.85 bits per heavy atom. The van der Waals surface area contributed by atoms with Gasteiger partial charge in [0, 0.05) is 6.54 Å². The summed E-state index contributed by atoms with van der Waals surface area (Å²) in [7, 11) is 0. The van der Waals surface area contributed by atoms with Crippen molar-refractivity contribution >= 4 is 0 Å². The summed E-state index contributed by atoms with van der Waals surface area (Å²) in [6.45, 7) is 6.66. The van der Waals surface area contributed by atoms with E-state index in [1.807, 2.05) is 6.92 Å². The van der Waals surface area contributed by atoms with E-state index in [-0.39, 0.29) is 0 Å². The molecule has 0 aliphatic heterocycles. The van der Waals surface area contributed by atoms with Gasteiger partial charge in [-0.2, -0.15) is 13.2 Å². The summed E-state index contributed by atoms with van der Waals surface area (Å²) in [5.41, 5.74) is -0.643. The Bertz CT molecular complexity index is 267. The van der Waals surface area contributed by atoms with Crippen molar-refractivity contribution < 1.29 is 17.9 Å². The van der Waals surface area contributed by atoms with E-state index < -0.39 is 17.9 Å². The molecule has 0 amide bonds. The van der Waals surface area contributed by atoms with Gasteiger partial charge >= 0.3 is 6.18 Å². The van der Waals surface area contributed by atoms with E-state index in [0.717, 1.165) is 52.0 Å². The third-order valence-electron chi connectivity index (χ3n) is 4.36. The molecule has 2 nitrogen and oxygen atoms in total. The van der Waals surface area contributed by atoms with Crippen molar-refractivity contribution in [2.24, 2.45) is 5.92 Å². The van der Waals surface area contributed by atoms with E-state index in [9.17, 15) is 13.2 Å². The van der Waals surface area contributed by atoms with Crippen LogP contribution in [0.3, 0.4) is 0 Å². The average molecular weight is 295 g/mol. The lowest BCUT2D eigenvalue weighted by molar-refractivity contribution is -0.252. The predicted molar refractivity (Wildman–Crippen MR) is 74.7 cm³/mol. The Kier molecular flexibility index (Phi) is 6.79. The topological polar surface area (TPSA) is 21.3 Å². The Hall–Kier alpha value is -0.290. The average Bonchev–Trinajstić information content (AvgIpc) is 2.39. The molecule has 0 bridgehead atoms. The molecule has 0 aromatic rings. The minimum absolute atomic E-state index is 0.525. The second-order valence-corrected chi connectivity index (χ2v) is 6.01. The fourth-order valence-corrected chi connectivity index (χ4v) is 2.88. The van der Waals surface area contributed by atoms with Crippen LogP contribution in [-0.4, -0.2) is 31.0 Å². The molecule has 120 valence electrons. The van der Waals surface area contributed by atoms with Crippen LogP contribution in [0.1, 0.15) is 59.3 Å². The molecule has 5 heteroatoms. The Morgan fingerprint density at radius 1 is 1.25 bits per heavy atom. The standard InChI is InChI=1S/C15H28F3NO/c1-4-10-19-11-14(20-12(3)15(16,17)18)8-6-13(5-2)7-9-14/h12-13,19H,4-11H2,1-3H3. The molecule has 1 aliphatic rings. The van der Waals surface area contributed by atoms with E-state index >= 15 is 0 Å². The number of hydrogen-bond acceptors (Lipinski definition) is 2. The minimum Gasteiger partial charge on any atom is -0.361 e. The van der Waals surface area contributed by atoms with Crippen molar-refractivity contribution in [3.05, 3.63) is 0 Å². The second-order valence-electron chi connectivity index (χ2n) is 6.01. The lowest BCUT2D eigenvalue weighted by Gasteiger charge is -2.42. The van der Waals surface area contributed by atoms with E-state index in [4.69, 9.17) is 4.74 Å². The maximum atomic E-state index is 12.8. The SMILES string of the molecule is CCCNCC1(OC(C)C(F)(F)F)CCC(CC)CC1. The molecule has 0 heterocycles. The first-order valence-corrected chi connectivity index (χ1v) is 7.78. The van der Waals surface area contributed by atoms with Crippen LogP contribution in [0.2, 0.25) is 0 Å². The molecule has 0 spiro atoms. The first-order chi connectivity index (χ1) is 9.33. The highest BCUT2D eigenvalue weighted by molar-refractivity contribution is 4.90. The lowest BCUT2D eigenvalue weighted by atomic mass is 9.77. The van der Waals surface area contributed by atoms with Gasteiger partial charge in [-0.25, -0.2) is 0 Å². The van der Waals surface area contributed by atoms with Gasteiger partial charge in [0.05, 0.1) is 5.60 Å². The molecule has 1 saturated carbocycles. The third kappa shape index (κ3) is 5.24. The van der Waals surface area contributed by atoms with E-state index in [0.29, 0.717) is 12.5 Å². The van der Waals surface area contributed by atoms with Gasteiger partial charge < -0.3 is 10.1 Å². The van der Waals surface area contributed by atoms with Crippen LogP contribution in [0.15, 0.2) is 0 Å². The summed E-state index contributed by atoms with van der Waals surface area (Å²) < 4.78 is 43.8.